The first-order chi connectivity index (χ1) is 8.70. The predicted molar refractivity (Wildman–Crippen MR) is 69.8 cm³/mol. The van der Waals surface area contributed by atoms with E-state index in [1.165, 1.54) is 6.07 Å². The van der Waals surface area contributed by atoms with Gasteiger partial charge in [0.15, 0.2) is 5.82 Å². The minimum absolute atomic E-state index is 0.0970. The van der Waals surface area contributed by atoms with Crippen LogP contribution in [0.25, 0.3) is 0 Å². The number of carbonyl (C=O) groups excluding carboxylic acids is 1. The molecule has 19 heavy (non-hydrogen) atoms. The van der Waals surface area contributed by atoms with Gasteiger partial charge in [0.1, 0.15) is 5.25 Å². The number of pyridine rings is 1. The van der Waals surface area contributed by atoms with E-state index in [-0.39, 0.29) is 17.4 Å². The molecule has 0 radical (unpaired) electrons. The molecule has 0 spiro atoms. The number of aromatic nitrogens is 1. The molecular weight excluding hydrogens is 318 g/mol. The third-order valence-electron chi connectivity index (χ3n) is 2.83. The molecule has 1 aromatic rings. The summed E-state index contributed by atoms with van der Waals surface area (Å²) in [5, 5.41) is -0.940. The number of aryl methyl sites for hydroxylation is 1. The van der Waals surface area contributed by atoms with E-state index in [9.17, 15) is 17.1 Å². The van der Waals surface area contributed by atoms with Gasteiger partial charge in [0.05, 0.1) is 15.7 Å². The summed E-state index contributed by atoms with van der Waals surface area (Å²) in [6, 6.07) is 1.41. The minimum atomic E-state index is -4.77. The third kappa shape index (κ3) is 2.82. The molecule has 1 aromatic heterocycles. The Labute approximate surface area is 119 Å². The maximum absolute atomic E-state index is 12.9. The van der Waals surface area contributed by atoms with Gasteiger partial charge in [0, 0.05) is 13.0 Å². The van der Waals surface area contributed by atoms with Gasteiger partial charge in [-0.05, 0) is 13.0 Å². The summed E-state index contributed by atoms with van der Waals surface area (Å²) in [6.45, 7) is 1.32. The first-order valence-electron chi connectivity index (χ1n) is 5.26. The van der Waals surface area contributed by atoms with Crippen LogP contribution in [0.4, 0.5) is 9.70 Å². The second-order valence-electron chi connectivity index (χ2n) is 4.17. The zero-order valence-corrected chi connectivity index (χ0v) is 12.1. The molecule has 1 unspecified atom stereocenters. The average molecular weight is 327 g/mol. The van der Waals surface area contributed by atoms with Crippen LogP contribution in [-0.2, 0) is 15.0 Å². The highest BCUT2D eigenvalue weighted by Crippen LogP contribution is 2.32. The predicted octanol–water partition coefficient (Wildman–Crippen LogP) is 2.10. The van der Waals surface area contributed by atoms with Crippen molar-refractivity contribution in [3.05, 3.63) is 21.8 Å². The molecule has 1 saturated heterocycles. The van der Waals surface area contributed by atoms with Gasteiger partial charge in [-0.25, -0.2) is 4.98 Å². The van der Waals surface area contributed by atoms with Gasteiger partial charge in [0.2, 0.25) is 5.91 Å². The van der Waals surface area contributed by atoms with E-state index in [4.69, 9.17) is 23.2 Å². The van der Waals surface area contributed by atoms with Crippen LogP contribution >= 0.6 is 23.2 Å². The Morgan fingerprint density at radius 1 is 1.42 bits per heavy atom. The molecule has 104 valence electrons. The smallest absolute Gasteiger partial charge is 0.294 e. The molecule has 2 rings (SSSR count). The van der Waals surface area contributed by atoms with Crippen molar-refractivity contribution in [2.45, 2.75) is 18.6 Å². The molecule has 0 aliphatic carbocycles. The number of rotatable bonds is 2. The largest absolute Gasteiger partial charge is 0.307 e. The molecule has 1 amide bonds. The zero-order chi connectivity index (χ0) is 14.4. The van der Waals surface area contributed by atoms with Crippen LogP contribution < -0.4 is 4.90 Å². The summed E-state index contributed by atoms with van der Waals surface area (Å²) < 4.78 is 34.6. The van der Waals surface area contributed by atoms with Crippen molar-refractivity contribution < 1.29 is 17.1 Å². The first kappa shape index (κ1) is 14.5. The molecule has 1 fully saturated rings. The number of hydrogen-bond acceptors (Lipinski definition) is 4. The van der Waals surface area contributed by atoms with Crippen molar-refractivity contribution in [3.63, 3.8) is 0 Å². The Kier molecular flexibility index (Phi) is 3.72. The second kappa shape index (κ2) is 4.88. The highest BCUT2D eigenvalue weighted by atomic mass is 35.5. The van der Waals surface area contributed by atoms with E-state index in [0.717, 1.165) is 4.90 Å². The minimum Gasteiger partial charge on any atom is -0.294 e. The molecule has 1 aliphatic rings. The van der Waals surface area contributed by atoms with Gasteiger partial charge in [-0.1, -0.05) is 23.2 Å². The maximum atomic E-state index is 12.9. The summed E-state index contributed by atoms with van der Waals surface area (Å²) in [5.41, 5.74) is 0.445. The van der Waals surface area contributed by atoms with Crippen molar-refractivity contribution in [2.75, 3.05) is 11.4 Å². The van der Waals surface area contributed by atoms with E-state index < -0.39 is 27.8 Å². The number of amides is 1. The van der Waals surface area contributed by atoms with Crippen LogP contribution in [0.5, 0.6) is 0 Å². The fourth-order valence-electron chi connectivity index (χ4n) is 1.80. The second-order valence-corrected chi connectivity index (χ2v) is 6.60. The summed E-state index contributed by atoms with van der Waals surface area (Å²) in [6.07, 6.45) is -0.418. The van der Waals surface area contributed by atoms with Crippen LogP contribution in [0.3, 0.4) is 0 Å². The molecule has 1 aliphatic heterocycles. The monoisotopic (exact) mass is 326 g/mol. The van der Waals surface area contributed by atoms with Gasteiger partial charge in [0.25, 0.3) is 0 Å². The maximum Gasteiger partial charge on any atom is 0.307 e. The first-order valence-corrected chi connectivity index (χ1v) is 7.47. The molecule has 5 nitrogen and oxygen atoms in total. The van der Waals surface area contributed by atoms with Crippen LogP contribution in [-0.4, -0.2) is 31.1 Å². The summed E-state index contributed by atoms with van der Waals surface area (Å²) >= 11 is 11.7. The lowest BCUT2D eigenvalue weighted by molar-refractivity contribution is -0.117. The summed E-state index contributed by atoms with van der Waals surface area (Å²) in [5.74, 6) is -0.443. The number of hydrogen-bond donors (Lipinski definition) is 0. The topological polar surface area (TPSA) is 67.3 Å². The normalized spacial score (nSPS) is 20.1. The summed E-state index contributed by atoms with van der Waals surface area (Å²) in [7, 11) is -4.77. The SMILES string of the molecule is Cc1nc(N2CC(S(=O)(=O)F)CC2=O)c(Cl)cc1Cl. The van der Waals surface area contributed by atoms with Gasteiger partial charge in [-0.3, -0.25) is 9.69 Å². The van der Waals surface area contributed by atoms with Crippen molar-refractivity contribution in [3.8, 4) is 0 Å². The van der Waals surface area contributed by atoms with Crippen molar-refractivity contribution in [2.24, 2.45) is 0 Å². The molecule has 2 heterocycles. The van der Waals surface area contributed by atoms with E-state index in [2.05, 4.69) is 4.98 Å². The van der Waals surface area contributed by atoms with Crippen molar-refractivity contribution in [1.82, 2.24) is 4.98 Å². The van der Waals surface area contributed by atoms with Crippen LogP contribution in [0, 0.1) is 6.92 Å². The molecule has 0 aromatic carbocycles. The number of halogens is 3. The third-order valence-corrected chi connectivity index (χ3v) is 4.60. The molecular formula is C10H9Cl2FN2O3S. The van der Waals surface area contributed by atoms with Crippen molar-refractivity contribution >= 4 is 45.2 Å². The van der Waals surface area contributed by atoms with Gasteiger partial charge >= 0.3 is 10.2 Å². The van der Waals surface area contributed by atoms with E-state index in [1.807, 2.05) is 0 Å². The Balaban J connectivity index is 2.39. The lowest BCUT2D eigenvalue weighted by atomic mass is 10.3. The number of anilines is 1. The van der Waals surface area contributed by atoms with Gasteiger partial charge < -0.3 is 0 Å². The van der Waals surface area contributed by atoms with Gasteiger partial charge in [-0.2, -0.15) is 8.42 Å². The molecule has 1 atom stereocenters. The number of nitrogens with zero attached hydrogens (tertiary/aromatic N) is 2. The molecule has 9 heteroatoms. The fraction of sp³-hybridized carbons (Fsp3) is 0.400. The summed E-state index contributed by atoms with van der Waals surface area (Å²) in [4.78, 5) is 16.9. The zero-order valence-electron chi connectivity index (χ0n) is 9.73. The van der Waals surface area contributed by atoms with E-state index in [0.29, 0.717) is 10.7 Å². The molecule has 0 bridgehead atoms. The van der Waals surface area contributed by atoms with E-state index in [1.54, 1.807) is 6.92 Å². The van der Waals surface area contributed by atoms with Crippen LogP contribution in [0.15, 0.2) is 6.07 Å². The lowest BCUT2D eigenvalue weighted by Crippen LogP contribution is -2.28. The Hall–Kier alpha value is -0.920. The fourth-order valence-corrected chi connectivity index (χ4v) is 2.93. The van der Waals surface area contributed by atoms with Gasteiger partial charge in [-0.15, -0.1) is 3.89 Å². The highest BCUT2D eigenvalue weighted by Gasteiger charge is 2.40. The van der Waals surface area contributed by atoms with Crippen LogP contribution in [0.1, 0.15) is 12.1 Å². The van der Waals surface area contributed by atoms with Crippen LogP contribution in [0.2, 0.25) is 10.0 Å². The Bertz CT molecular complexity index is 650. The average Bonchev–Trinajstić information content (AvgIpc) is 2.65. The quantitative estimate of drug-likeness (QED) is 0.780. The highest BCUT2D eigenvalue weighted by molar-refractivity contribution is 7.87. The van der Waals surface area contributed by atoms with Crippen molar-refractivity contribution in [1.29, 1.82) is 0 Å². The molecule has 0 N–H and O–H groups in total. The number of carbonyl (C=O) groups is 1. The lowest BCUT2D eigenvalue weighted by Gasteiger charge is -2.17. The molecule has 0 saturated carbocycles. The van der Waals surface area contributed by atoms with E-state index >= 15 is 0 Å². The standard InChI is InChI=1S/C10H9Cl2FN2O3S/c1-5-7(11)3-8(12)10(14-5)15-4-6(2-9(15)16)19(13,17)18/h3,6H,2,4H2,1H3. The Morgan fingerprint density at radius 3 is 2.58 bits per heavy atom. The Morgan fingerprint density at radius 2 is 2.05 bits per heavy atom.